The molecule has 3 heterocycles. The maximum Gasteiger partial charge on any atom is 0.317 e. The Kier molecular flexibility index (Phi) is 4.28. The molecule has 2 N–H and O–H groups in total. The van der Waals surface area contributed by atoms with Gasteiger partial charge in [-0.2, -0.15) is 0 Å². The Balaban J connectivity index is 1.46. The van der Waals surface area contributed by atoms with E-state index in [2.05, 4.69) is 21.1 Å². The van der Waals surface area contributed by atoms with E-state index in [1.807, 2.05) is 0 Å². The van der Waals surface area contributed by atoms with E-state index in [4.69, 9.17) is 0 Å². The molecule has 2 aliphatic rings. The fraction of sp³-hybridized carbons (Fsp3) is 0.688. The van der Waals surface area contributed by atoms with Crippen molar-refractivity contribution in [2.75, 3.05) is 19.6 Å². The molecule has 1 aromatic heterocycles. The van der Waals surface area contributed by atoms with Gasteiger partial charge in [0.05, 0.1) is 11.1 Å². The molecule has 0 saturated carbocycles. The first-order valence-corrected chi connectivity index (χ1v) is 8.29. The molecule has 1 fully saturated rings. The van der Waals surface area contributed by atoms with Crippen molar-refractivity contribution in [1.29, 1.82) is 0 Å². The number of carboxylic acids is 1. The Morgan fingerprint density at radius 3 is 2.91 bits per heavy atom. The number of likely N-dealkylation sites (tertiary alicyclic amines) is 1. The Bertz CT molecular complexity index is 589. The summed E-state index contributed by atoms with van der Waals surface area (Å²) in [7, 11) is 0. The van der Waals surface area contributed by atoms with E-state index in [9.17, 15) is 14.7 Å². The number of nitrogens with one attached hydrogen (secondary N) is 1. The molecule has 3 rings (SSSR count). The van der Waals surface area contributed by atoms with Crippen LogP contribution in [0.2, 0.25) is 0 Å². The van der Waals surface area contributed by atoms with Crippen molar-refractivity contribution < 1.29 is 14.7 Å². The molecule has 0 aromatic carbocycles. The van der Waals surface area contributed by atoms with Gasteiger partial charge in [0.15, 0.2) is 0 Å². The Morgan fingerprint density at radius 1 is 1.39 bits per heavy atom. The van der Waals surface area contributed by atoms with E-state index in [1.54, 1.807) is 11.8 Å². The number of hydrogen-bond donors (Lipinski definition) is 2. The van der Waals surface area contributed by atoms with Crippen LogP contribution in [0.5, 0.6) is 0 Å². The topological polar surface area (TPSA) is 87.5 Å². The number of amides is 2. The molecule has 0 radical (unpaired) electrons. The van der Waals surface area contributed by atoms with Crippen molar-refractivity contribution in [1.82, 2.24) is 19.8 Å². The minimum atomic E-state index is -0.837. The highest BCUT2D eigenvalue weighted by Gasteiger charge is 2.42. The number of hydrogen-bond acceptors (Lipinski definition) is 3. The van der Waals surface area contributed by atoms with Crippen LogP contribution in [-0.2, 0) is 24.2 Å². The third-order valence-corrected chi connectivity index (χ3v) is 4.89. The van der Waals surface area contributed by atoms with Gasteiger partial charge in [0.25, 0.3) is 0 Å². The zero-order valence-corrected chi connectivity index (χ0v) is 13.5. The zero-order chi connectivity index (χ0) is 16.4. The quantitative estimate of drug-likeness (QED) is 0.874. The lowest BCUT2D eigenvalue weighted by Gasteiger charge is -2.20. The van der Waals surface area contributed by atoms with Gasteiger partial charge in [0.2, 0.25) is 0 Å². The maximum absolute atomic E-state index is 12.1. The van der Waals surface area contributed by atoms with Gasteiger partial charge in [0, 0.05) is 45.2 Å². The first kappa shape index (κ1) is 15.8. The molecule has 0 aliphatic carbocycles. The predicted octanol–water partition coefficient (Wildman–Crippen LogP) is 1.27. The fourth-order valence-corrected chi connectivity index (χ4v) is 3.31. The molecule has 7 nitrogen and oxygen atoms in total. The summed E-state index contributed by atoms with van der Waals surface area (Å²) in [5, 5.41) is 12.1. The summed E-state index contributed by atoms with van der Waals surface area (Å²) < 4.78 is 2.21. The summed E-state index contributed by atoms with van der Waals surface area (Å²) in [6.07, 6.45) is 6.73. The smallest absolute Gasteiger partial charge is 0.317 e. The SMILES string of the molecule is CC1(C(=O)O)CCN(C(=O)NCCc2cn3c(n2)CCCC3)C1. The minimum absolute atomic E-state index is 0.182. The van der Waals surface area contributed by atoms with Crippen LogP contribution in [0.1, 0.15) is 37.7 Å². The minimum Gasteiger partial charge on any atom is -0.481 e. The average molecular weight is 320 g/mol. The number of fused-ring (bicyclic) bond motifs is 1. The molecule has 0 bridgehead atoms. The molecular formula is C16H24N4O3. The van der Waals surface area contributed by atoms with Gasteiger partial charge in [-0.05, 0) is 26.2 Å². The predicted molar refractivity (Wildman–Crippen MR) is 84.2 cm³/mol. The van der Waals surface area contributed by atoms with Crippen LogP contribution in [0, 0.1) is 5.41 Å². The number of imidazole rings is 1. The summed E-state index contributed by atoms with van der Waals surface area (Å²) in [6, 6.07) is -0.182. The lowest BCUT2D eigenvalue weighted by atomic mass is 9.90. The standard InChI is InChI=1S/C16H24N4O3/c1-16(14(21)22)6-9-20(11-16)15(23)17-7-5-12-10-19-8-3-2-4-13(19)18-12/h10H,2-9,11H2,1H3,(H,17,23)(H,21,22). The van der Waals surface area contributed by atoms with Crippen molar-refractivity contribution in [3.05, 3.63) is 17.7 Å². The number of urea groups is 1. The number of carbonyl (C=O) groups excluding carboxylic acids is 1. The lowest BCUT2D eigenvalue weighted by molar-refractivity contribution is -0.146. The van der Waals surface area contributed by atoms with Gasteiger partial charge in [-0.3, -0.25) is 4.79 Å². The van der Waals surface area contributed by atoms with Gasteiger partial charge in [0.1, 0.15) is 5.82 Å². The summed E-state index contributed by atoms with van der Waals surface area (Å²) in [4.78, 5) is 29.6. The average Bonchev–Trinajstić information content (AvgIpc) is 3.11. The van der Waals surface area contributed by atoms with Crippen molar-refractivity contribution >= 4 is 12.0 Å². The van der Waals surface area contributed by atoms with Crippen LogP contribution in [0.4, 0.5) is 4.79 Å². The third-order valence-electron chi connectivity index (χ3n) is 4.89. The van der Waals surface area contributed by atoms with Crippen molar-refractivity contribution in [2.45, 2.75) is 45.6 Å². The van der Waals surface area contributed by atoms with Gasteiger partial charge < -0.3 is 19.9 Å². The van der Waals surface area contributed by atoms with E-state index in [0.29, 0.717) is 25.9 Å². The fourth-order valence-electron chi connectivity index (χ4n) is 3.31. The normalized spacial score (nSPS) is 23.6. The van der Waals surface area contributed by atoms with Crippen molar-refractivity contribution in [3.63, 3.8) is 0 Å². The molecule has 7 heteroatoms. The second-order valence-electron chi connectivity index (χ2n) is 6.82. The highest BCUT2D eigenvalue weighted by Crippen LogP contribution is 2.29. The number of aromatic nitrogens is 2. The Morgan fingerprint density at radius 2 is 2.22 bits per heavy atom. The van der Waals surface area contributed by atoms with Crippen molar-refractivity contribution in [2.24, 2.45) is 5.41 Å². The highest BCUT2D eigenvalue weighted by atomic mass is 16.4. The van der Waals surface area contributed by atoms with Crippen LogP contribution < -0.4 is 5.32 Å². The lowest BCUT2D eigenvalue weighted by Crippen LogP contribution is -2.41. The van der Waals surface area contributed by atoms with Crippen LogP contribution in [-0.4, -0.2) is 51.2 Å². The molecule has 1 aromatic rings. The van der Waals surface area contributed by atoms with E-state index in [0.717, 1.165) is 24.5 Å². The Hall–Kier alpha value is -2.05. The number of aliphatic carboxylic acids is 1. The monoisotopic (exact) mass is 320 g/mol. The summed E-state index contributed by atoms with van der Waals surface area (Å²) in [5.74, 6) is 0.311. The molecule has 23 heavy (non-hydrogen) atoms. The van der Waals surface area contributed by atoms with E-state index < -0.39 is 11.4 Å². The highest BCUT2D eigenvalue weighted by molar-refractivity contribution is 5.79. The summed E-state index contributed by atoms with van der Waals surface area (Å²) >= 11 is 0. The van der Waals surface area contributed by atoms with Gasteiger partial charge in [-0.15, -0.1) is 0 Å². The van der Waals surface area contributed by atoms with Gasteiger partial charge >= 0.3 is 12.0 Å². The molecule has 0 spiro atoms. The van der Waals surface area contributed by atoms with Crippen molar-refractivity contribution in [3.8, 4) is 0 Å². The Labute approximate surface area is 135 Å². The van der Waals surface area contributed by atoms with Crippen LogP contribution in [0.15, 0.2) is 6.20 Å². The number of rotatable bonds is 4. The molecule has 126 valence electrons. The van der Waals surface area contributed by atoms with Crippen LogP contribution in [0.3, 0.4) is 0 Å². The number of carbonyl (C=O) groups is 2. The third kappa shape index (κ3) is 3.33. The van der Waals surface area contributed by atoms with E-state index in [1.165, 1.54) is 12.8 Å². The summed E-state index contributed by atoms with van der Waals surface area (Å²) in [6.45, 7) is 4.02. The number of nitrogens with zero attached hydrogens (tertiary/aromatic N) is 3. The number of carboxylic acid groups (broad SMARTS) is 1. The van der Waals surface area contributed by atoms with Crippen LogP contribution in [0.25, 0.3) is 0 Å². The molecule has 2 amide bonds. The first-order chi connectivity index (χ1) is 11.0. The molecule has 1 unspecified atom stereocenters. The zero-order valence-electron chi connectivity index (χ0n) is 13.5. The van der Waals surface area contributed by atoms with Gasteiger partial charge in [-0.1, -0.05) is 0 Å². The van der Waals surface area contributed by atoms with Crippen LogP contribution >= 0.6 is 0 Å². The second kappa shape index (κ2) is 6.22. The molecule has 1 atom stereocenters. The number of aryl methyl sites for hydroxylation is 2. The van der Waals surface area contributed by atoms with E-state index in [-0.39, 0.29) is 12.6 Å². The molecule has 2 aliphatic heterocycles. The first-order valence-electron chi connectivity index (χ1n) is 8.29. The molecular weight excluding hydrogens is 296 g/mol. The van der Waals surface area contributed by atoms with Gasteiger partial charge in [-0.25, -0.2) is 9.78 Å². The second-order valence-corrected chi connectivity index (χ2v) is 6.82. The van der Waals surface area contributed by atoms with E-state index >= 15 is 0 Å². The largest absolute Gasteiger partial charge is 0.481 e. The maximum atomic E-state index is 12.1. The molecule has 1 saturated heterocycles. The summed E-state index contributed by atoms with van der Waals surface area (Å²) in [5.41, 5.74) is 0.194.